The summed E-state index contributed by atoms with van der Waals surface area (Å²) in [4.78, 5) is 2.62. The number of nitrogens with zero attached hydrogens (tertiary/aromatic N) is 1. The van der Waals surface area contributed by atoms with Crippen LogP contribution in [0.1, 0.15) is 37.4 Å². The third kappa shape index (κ3) is 3.74. The summed E-state index contributed by atoms with van der Waals surface area (Å²) in [5.74, 6) is 1.69. The Morgan fingerprint density at radius 2 is 1.95 bits per heavy atom. The molecule has 3 heteroatoms. The Morgan fingerprint density at radius 1 is 1.25 bits per heavy atom. The zero-order valence-corrected chi connectivity index (χ0v) is 13.3. The molecule has 112 valence electrons. The van der Waals surface area contributed by atoms with Gasteiger partial charge < -0.3 is 10.1 Å². The highest BCUT2D eigenvalue weighted by Crippen LogP contribution is 2.31. The van der Waals surface area contributed by atoms with Gasteiger partial charge in [-0.15, -0.1) is 0 Å². The molecule has 1 saturated heterocycles. The van der Waals surface area contributed by atoms with Crippen LogP contribution in [0, 0.1) is 12.8 Å². The molecular weight excluding hydrogens is 248 g/mol. The van der Waals surface area contributed by atoms with Crippen molar-refractivity contribution in [2.24, 2.45) is 5.92 Å². The van der Waals surface area contributed by atoms with Crippen molar-refractivity contribution in [3.8, 4) is 5.75 Å². The van der Waals surface area contributed by atoms with Gasteiger partial charge in [-0.2, -0.15) is 0 Å². The fourth-order valence-electron chi connectivity index (χ4n) is 3.05. The van der Waals surface area contributed by atoms with E-state index in [1.807, 2.05) is 0 Å². The zero-order valence-electron chi connectivity index (χ0n) is 13.3. The van der Waals surface area contributed by atoms with Crippen LogP contribution in [-0.2, 0) is 0 Å². The Hall–Kier alpha value is -1.06. The van der Waals surface area contributed by atoms with Crippen molar-refractivity contribution in [3.63, 3.8) is 0 Å². The van der Waals surface area contributed by atoms with E-state index in [4.69, 9.17) is 4.74 Å². The van der Waals surface area contributed by atoms with Gasteiger partial charge in [0.2, 0.25) is 0 Å². The number of methoxy groups -OCH3 is 1. The Bertz CT molecular complexity index is 425. The van der Waals surface area contributed by atoms with E-state index in [0.29, 0.717) is 12.0 Å². The van der Waals surface area contributed by atoms with Gasteiger partial charge in [0.25, 0.3) is 0 Å². The molecule has 0 bridgehead atoms. The van der Waals surface area contributed by atoms with Crippen LogP contribution in [0.2, 0.25) is 0 Å². The van der Waals surface area contributed by atoms with Gasteiger partial charge in [-0.3, -0.25) is 4.90 Å². The minimum absolute atomic E-state index is 0.529. The molecule has 0 saturated carbocycles. The number of aryl methyl sites for hydroxylation is 1. The largest absolute Gasteiger partial charge is 0.496 e. The average Bonchev–Trinajstić information content (AvgIpc) is 2.45. The van der Waals surface area contributed by atoms with Crippen molar-refractivity contribution in [2.45, 2.75) is 33.2 Å². The predicted molar refractivity (Wildman–Crippen MR) is 84.4 cm³/mol. The Morgan fingerprint density at radius 3 is 2.50 bits per heavy atom. The minimum atomic E-state index is 0.529. The van der Waals surface area contributed by atoms with Gasteiger partial charge in [0.15, 0.2) is 0 Å². The van der Waals surface area contributed by atoms with Crippen molar-refractivity contribution in [2.75, 3.05) is 33.3 Å². The topological polar surface area (TPSA) is 24.5 Å². The van der Waals surface area contributed by atoms with Crippen molar-refractivity contribution >= 4 is 0 Å². The number of rotatable bonds is 5. The maximum atomic E-state index is 5.38. The molecule has 1 N–H and O–H groups in total. The third-order valence-corrected chi connectivity index (χ3v) is 4.09. The Kier molecular flexibility index (Phi) is 5.44. The third-order valence-electron chi connectivity index (χ3n) is 4.09. The number of hydrogen-bond acceptors (Lipinski definition) is 3. The van der Waals surface area contributed by atoms with E-state index in [0.717, 1.165) is 31.9 Å². The molecule has 2 rings (SSSR count). The van der Waals surface area contributed by atoms with Gasteiger partial charge >= 0.3 is 0 Å². The number of piperazine rings is 1. The van der Waals surface area contributed by atoms with Crippen molar-refractivity contribution in [3.05, 3.63) is 29.3 Å². The van der Waals surface area contributed by atoms with Gasteiger partial charge in [-0.1, -0.05) is 26.0 Å². The van der Waals surface area contributed by atoms with Crippen molar-refractivity contribution in [1.82, 2.24) is 10.2 Å². The second-order valence-electron chi connectivity index (χ2n) is 6.16. The highest BCUT2D eigenvalue weighted by molar-refractivity contribution is 5.37. The van der Waals surface area contributed by atoms with Crippen LogP contribution in [-0.4, -0.2) is 38.2 Å². The molecule has 0 aromatic heterocycles. The van der Waals surface area contributed by atoms with E-state index >= 15 is 0 Å². The van der Waals surface area contributed by atoms with E-state index in [2.05, 4.69) is 49.2 Å². The van der Waals surface area contributed by atoms with Crippen LogP contribution in [0.3, 0.4) is 0 Å². The first kappa shape index (κ1) is 15.3. The molecule has 3 nitrogen and oxygen atoms in total. The maximum absolute atomic E-state index is 5.38. The van der Waals surface area contributed by atoms with E-state index < -0.39 is 0 Å². The molecule has 1 aromatic carbocycles. The molecule has 1 aliphatic heterocycles. The summed E-state index contributed by atoms with van der Waals surface area (Å²) < 4.78 is 5.38. The van der Waals surface area contributed by atoms with Crippen LogP contribution < -0.4 is 10.1 Å². The first-order valence-corrected chi connectivity index (χ1v) is 7.71. The second-order valence-corrected chi connectivity index (χ2v) is 6.16. The minimum Gasteiger partial charge on any atom is -0.496 e. The lowest BCUT2D eigenvalue weighted by atomic mass is 9.94. The highest BCUT2D eigenvalue weighted by Gasteiger charge is 2.23. The summed E-state index contributed by atoms with van der Waals surface area (Å²) in [6, 6.07) is 7.18. The van der Waals surface area contributed by atoms with Crippen LogP contribution >= 0.6 is 0 Å². The second kappa shape index (κ2) is 7.09. The summed E-state index contributed by atoms with van der Waals surface area (Å²) in [7, 11) is 1.74. The molecule has 0 spiro atoms. The zero-order chi connectivity index (χ0) is 14.5. The highest BCUT2D eigenvalue weighted by atomic mass is 16.5. The fourth-order valence-corrected chi connectivity index (χ4v) is 3.05. The van der Waals surface area contributed by atoms with Gasteiger partial charge in [-0.25, -0.2) is 0 Å². The molecule has 0 aliphatic carbocycles. The summed E-state index contributed by atoms with van der Waals surface area (Å²) in [5, 5.41) is 3.44. The Labute approximate surface area is 123 Å². The van der Waals surface area contributed by atoms with Crippen LogP contribution in [0.5, 0.6) is 5.75 Å². The molecule has 0 unspecified atom stereocenters. The van der Waals surface area contributed by atoms with Crippen LogP contribution in [0.4, 0.5) is 0 Å². The predicted octanol–water partition coefficient (Wildman–Crippen LogP) is 3.00. The van der Waals surface area contributed by atoms with E-state index in [1.165, 1.54) is 17.5 Å². The summed E-state index contributed by atoms with van der Waals surface area (Å²) in [5.41, 5.74) is 2.66. The summed E-state index contributed by atoms with van der Waals surface area (Å²) >= 11 is 0. The van der Waals surface area contributed by atoms with Crippen molar-refractivity contribution in [1.29, 1.82) is 0 Å². The molecule has 1 atom stereocenters. The van der Waals surface area contributed by atoms with Gasteiger partial charge in [0.1, 0.15) is 5.75 Å². The molecule has 1 fully saturated rings. The standard InChI is InChI=1S/C17H28N2O/c1-13(2)11-16(19-9-7-18-8-10-19)15-5-6-17(20-4)14(3)12-15/h5-6,12-13,16,18H,7-11H2,1-4H3/t16-/m1/s1. The van der Waals surface area contributed by atoms with Gasteiger partial charge in [-0.05, 0) is 36.5 Å². The van der Waals surface area contributed by atoms with E-state index in [-0.39, 0.29) is 0 Å². The monoisotopic (exact) mass is 276 g/mol. The quantitative estimate of drug-likeness (QED) is 0.895. The SMILES string of the molecule is COc1ccc([C@@H](CC(C)C)N2CCNCC2)cc1C. The molecule has 20 heavy (non-hydrogen) atoms. The molecule has 1 aromatic rings. The maximum Gasteiger partial charge on any atom is 0.121 e. The molecule has 0 radical (unpaired) electrons. The lowest BCUT2D eigenvalue weighted by molar-refractivity contribution is 0.154. The number of hydrogen-bond donors (Lipinski definition) is 1. The molecule has 0 amide bonds. The van der Waals surface area contributed by atoms with Gasteiger partial charge in [0.05, 0.1) is 7.11 Å². The Balaban J connectivity index is 2.22. The number of ether oxygens (including phenoxy) is 1. The smallest absolute Gasteiger partial charge is 0.121 e. The van der Waals surface area contributed by atoms with E-state index in [1.54, 1.807) is 7.11 Å². The summed E-state index contributed by atoms with van der Waals surface area (Å²) in [6.45, 7) is 11.2. The molecule has 1 aliphatic rings. The van der Waals surface area contributed by atoms with Crippen LogP contribution in [0.15, 0.2) is 18.2 Å². The molecule has 1 heterocycles. The average molecular weight is 276 g/mol. The van der Waals surface area contributed by atoms with E-state index in [9.17, 15) is 0 Å². The first-order valence-electron chi connectivity index (χ1n) is 7.71. The lowest BCUT2D eigenvalue weighted by Gasteiger charge is -2.36. The fraction of sp³-hybridized carbons (Fsp3) is 0.647. The molecular formula is C17H28N2O. The normalized spacial score (nSPS) is 18.2. The summed E-state index contributed by atoms with van der Waals surface area (Å²) in [6.07, 6.45) is 1.21. The van der Waals surface area contributed by atoms with Crippen LogP contribution in [0.25, 0.3) is 0 Å². The van der Waals surface area contributed by atoms with Crippen molar-refractivity contribution < 1.29 is 4.74 Å². The van der Waals surface area contributed by atoms with Gasteiger partial charge in [0, 0.05) is 32.2 Å². The first-order chi connectivity index (χ1) is 9.61. The number of benzene rings is 1. The number of nitrogens with one attached hydrogen (secondary N) is 1. The lowest BCUT2D eigenvalue weighted by Crippen LogP contribution is -2.45.